The summed E-state index contributed by atoms with van der Waals surface area (Å²) in [6.07, 6.45) is 10.9. The van der Waals surface area contributed by atoms with Crippen molar-refractivity contribution in [3.8, 4) is 22.5 Å². The molecule has 4 aromatic heterocycles. The summed E-state index contributed by atoms with van der Waals surface area (Å²) in [6.45, 7) is 11.3. The molecule has 7 rings (SSSR count). The Morgan fingerprint density at radius 3 is 2.34 bits per heavy atom. The smallest absolute Gasteiger partial charge is 0.216 e. The van der Waals surface area contributed by atoms with Gasteiger partial charge in [0.05, 0.1) is 13.7 Å². The van der Waals surface area contributed by atoms with E-state index in [-0.39, 0.29) is 20.1 Å². The summed E-state index contributed by atoms with van der Waals surface area (Å²) in [6, 6.07) is 29.1. The number of nitrogens with zero attached hydrogens (tertiary/aromatic N) is 3. The quantitative estimate of drug-likeness (QED) is 0.132. The van der Waals surface area contributed by atoms with Crippen LogP contribution in [-0.4, -0.2) is 23.0 Å². The molecule has 1 radical (unpaired) electrons. The topological polar surface area (TPSA) is 51.8 Å². The first-order valence-electron chi connectivity index (χ1n) is 15.4. The van der Waals surface area contributed by atoms with Gasteiger partial charge in [0.25, 0.3) is 0 Å². The Kier molecular flexibility index (Phi) is 9.94. The Labute approximate surface area is 275 Å². The van der Waals surface area contributed by atoms with Crippen LogP contribution in [0.3, 0.4) is 0 Å². The van der Waals surface area contributed by atoms with E-state index in [2.05, 4.69) is 91.3 Å². The molecule has 0 bridgehead atoms. The van der Waals surface area contributed by atoms with Gasteiger partial charge in [-0.05, 0) is 67.4 Å². The van der Waals surface area contributed by atoms with E-state index in [0.29, 0.717) is 5.71 Å². The number of benzene rings is 2. The first-order valence-corrected chi connectivity index (χ1v) is 18.9. The maximum atomic E-state index is 5.79. The van der Waals surface area contributed by atoms with Gasteiger partial charge in [-0.1, -0.05) is 67.5 Å². The Hall–Kier alpha value is -3.44. The maximum Gasteiger partial charge on any atom is 0.216 e. The third kappa shape index (κ3) is 7.09. The van der Waals surface area contributed by atoms with E-state index in [4.69, 9.17) is 9.40 Å². The van der Waals surface area contributed by atoms with E-state index in [1.807, 2.05) is 43.5 Å². The summed E-state index contributed by atoms with van der Waals surface area (Å²) in [4.78, 5) is 13.6. The van der Waals surface area contributed by atoms with Crippen LogP contribution in [0.4, 0.5) is 0 Å². The molecule has 44 heavy (non-hydrogen) atoms. The zero-order chi connectivity index (χ0) is 30.0. The van der Waals surface area contributed by atoms with E-state index in [1.165, 1.54) is 37.7 Å². The molecule has 0 saturated heterocycles. The molecule has 1 aliphatic rings. The molecule has 1 saturated carbocycles. The molecule has 227 valence electrons. The summed E-state index contributed by atoms with van der Waals surface area (Å²) in [7, 11) is -1.36. The van der Waals surface area contributed by atoms with Gasteiger partial charge in [0.15, 0.2) is 0 Å². The van der Waals surface area contributed by atoms with Crippen molar-refractivity contribution in [3.63, 3.8) is 0 Å². The van der Waals surface area contributed by atoms with E-state index >= 15 is 0 Å². The molecule has 1 aliphatic carbocycles. The van der Waals surface area contributed by atoms with Gasteiger partial charge in [-0.2, -0.15) is 0 Å². The molecule has 0 amide bonds. The largest absolute Gasteiger partial charge is 0.486 e. The number of aromatic nitrogens is 3. The molecule has 0 unspecified atom stereocenters. The van der Waals surface area contributed by atoms with Crippen LogP contribution >= 0.6 is 0 Å². The molecule has 2 aromatic carbocycles. The fourth-order valence-electron chi connectivity index (χ4n) is 6.07. The van der Waals surface area contributed by atoms with Crippen molar-refractivity contribution in [2.45, 2.75) is 71.5 Å². The first-order chi connectivity index (χ1) is 20.8. The maximum absolute atomic E-state index is 5.79. The summed E-state index contributed by atoms with van der Waals surface area (Å²) >= 11 is 0. The second-order valence-corrected chi connectivity index (χ2v) is 17.8. The van der Waals surface area contributed by atoms with Gasteiger partial charge in [-0.25, -0.2) is 4.98 Å². The van der Waals surface area contributed by atoms with Gasteiger partial charge in [0.1, 0.15) is 0 Å². The molecule has 4 nitrogen and oxygen atoms in total. The first kappa shape index (κ1) is 32.0. The van der Waals surface area contributed by atoms with E-state index in [9.17, 15) is 0 Å². The number of fused-ring (bicyclic) bond motifs is 3. The van der Waals surface area contributed by atoms with Crippen molar-refractivity contribution in [1.82, 2.24) is 15.0 Å². The molecule has 0 aliphatic heterocycles. The zero-order valence-electron chi connectivity index (χ0n) is 26.2. The normalized spacial score (nSPS) is 13.8. The number of aryl methyl sites for hydroxylation is 2. The predicted molar refractivity (Wildman–Crippen MR) is 180 cm³/mol. The number of hydrogen-bond acceptors (Lipinski definition) is 4. The molecular weight excluding hydrogens is 735 g/mol. The van der Waals surface area contributed by atoms with Gasteiger partial charge >= 0.3 is 0 Å². The Morgan fingerprint density at radius 2 is 1.61 bits per heavy atom. The average molecular weight is 774 g/mol. The molecule has 0 spiro atoms. The Morgan fingerprint density at radius 1 is 0.818 bits per heavy atom. The monoisotopic (exact) mass is 774 g/mol. The predicted octanol–water partition coefficient (Wildman–Crippen LogP) is 9.60. The summed E-state index contributed by atoms with van der Waals surface area (Å²) in [5, 5.41) is 3.63. The SMILES string of the molecule is C[Si](C)(C)c1cnc(-c2[c-]cccc2)cc1C1CCCCC1.Cc1ccnc(-c2[c-]cc3oc4nc(C)ccc4c3c2)c1.[Ir]. The van der Waals surface area contributed by atoms with Crippen molar-refractivity contribution in [2.24, 2.45) is 0 Å². The Bertz CT molecular complexity index is 1870. The molecule has 1 fully saturated rings. The van der Waals surface area contributed by atoms with Crippen LogP contribution in [0.2, 0.25) is 19.6 Å². The van der Waals surface area contributed by atoms with Gasteiger partial charge in [-0.15, -0.1) is 59.7 Å². The number of rotatable bonds is 4. The van der Waals surface area contributed by atoms with E-state index in [0.717, 1.165) is 50.5 Å². The minimum atomic E-state index is -1.36. The summed E-state index contributed by atoms with van der Waals surface area (Å²) in [5.74, 6) is 0.737. The van der Waals surface area contributed by atoms with Crippen molar-refractivity contribution in [1.29, 1.82) is 0 Å². The van der Waals surface area contributed by atoms with Crippen molar-refractivity contribution in [3.05, 3.63) is 108 Å². The van der Waals surface area contributed by atoms with Crippen molar-refractivity contribution >= 4 is 35.3 Å². The summed E-state index contributed by atoms with van der Waals surface area (Å²) < 4.78 is 5.79. The molecule has 6 heteroatoms. The standard InChI is InChI=1S/C20H26NSi.C18H13N2O.Ir/c1-22(2,3)20-15-21-19(17-12-8-5-9-13-17)14-18(20)16-10-6-4-7-11-16;1-11-7-8-19-16(9-11)13-4-6-17-15(10-13)14-5-3-12(2)20-18(14)21-17;/h5,8-9,12,14-16H,4,6-7,10-11H2,1-3H3;3,5-10H,1-2H3;/q2*-1;. The van der Waals surface area contributed by atoms with Crippen LogP contribution < -0.4 is 5.19 Å². The average Bonchev–Trinajstić information content (AvgIpc) is 3.38. The molecule has 6 aromatic rings. The van der Waals surface area contributed by atoms with Gasteiger partial charge in [0.2, 0.25) is 5.71 Å². The van der Waals surface area contributed by atoms with Crippen LogP contribution in [-0.2, 0) is 20.1 Å². The Balaban J connectivity index is 0.000000171. The van der Waals surface area contributed by atoms with E-state index in [1.54, 1.807) is 10.8 Å². The fraction of sp³-hybridized carbons (Fsp3) is 0.289. The zero-order valence-corrected chi connectivity index (χ0v) is 29.6. The van der Waals surface area contributed by atoms with Gasteiger partial charge < -0.3 is 14.4 Å². The number of pyridine rings is 3. The van der Waals surface area contributed by atoms with Gasteiger partial charge in [-0.3, -0.25) is 0 Å². The summed E-state index contributed by atoms with van der Waals surface area (Å²) in [5.41, 5.74) is 9.29. The van der Waals surface area contributed by atoms with Gasteiger partial charge in [0, 0.05) is 43.6 Å². The minimum absolute atomic E-state index is 0. The third-order valence-electron chi connectivity index (χ3n) is 8.37. The molecule has 4 heterocycles. The second kappa shape index (κ2) is 13.7. The molecule has 0 N–H and O–H groups in total. The third-order valence-corrected chi connectivity index (χ3v) is 10.4. The van der Waals surface area contributed by atoms with Crippen molar-refractivity contribution in [2.75, 3.05) is 0 Å². The second-order valence-electron chi connectivity index (χ2n) is 12.8. The van der Waals surface area contributed by atoms with Crippen molar-refractivity contribution < 1.29 is 24.5 Å². The van der Waals surface area contributed by atoms with Crippen LogP contribution in [0.15, 0.2) is 83.5 Å². The number of hydrogen-bond donors (Lipinski definition) is 0. The van der Waals surface area contributed by atoms with E-state index < -0.39 is 8.07 Å². The molecular formula is C38H39IrN3OSi-2. The van der Waals surface area contributed by atoms with Crippen LogP contribution in [0, 0.1) is 26.0 Å². The minimum Gasteiger partial charge on any atom is -0.486 e. The van der Waals surface area contributed by atoms with Crippen LogP contribution in [0.1, 0.15) is 54.8 Å². The fourth-order valence-corrected chi connectivity index (χ4v) is 7.67. The molecule has 0 atom stereocenters. The van der Waals surface area contributed by atoms with Crippen LogP contribution in [0.5, 0.6) is 0 Å². The van der Waals surface area contributed by atoms with Crippen LogP contribution in [0.25, 0.3) is 44.6 Å². The number of furan rings is 1.